The number of carbonyl (C=O) groups excluding carboxylic acids is 1. The molecule has 0 aromatic carbocycles. The lowest BCUT2D eigenvalue weighted by Crippen LogP contribution is -2.49. The number of hydrogen-bond acceptors (Lipinski definition) is 8. The topological polar surface area (TPSA) is 65.7 Å². The van der Waals surface area contributed by atoms with E-state index in [-0.39, 0.29) is 5.91 Å². The lowest BCUT2D eigenvalue weighted by Gasteiger charge is -2.35. The first-order valence-corrected chi connectivity index (χ1v) is 12.1. The summed E-state index contributed by atoms with van der Waals surface area (Å²) in [4.78, 5) is 21.9. The third kappa shape index (κ3) is 5.54. The van der Waals surface area contributed by atoms with Gasteiger partial charge in [-0.15, -0.1) is 32.9 Å². The summed E-state index contributed by atoms with van der Waals surface area (Å²) >= 11 is 3.37. The van der Waals surface area contributed by atoms with Crippen LogP contribution in [0.1, 0.15) is 24.1 Å². The van der Waals surface area contributed by atoms with Crippen molar-refractivity contribution in [3.8, 4) is 10.8 Å². The zero-order chi connectivity index (χ0) is 20.8. The third-order valence-electron chi connectivity index (χ3n) is 5.15. The van der Waals surface area contributed by atoms with Crippen molar-refractivity contribution in [3.63, 3.8) is 0 Å². The largest absolute Gasteiger partial charge is 0.418 e. The Morgan fingerprint density at radius 3 is 2.57 bits per heavy atom. The molecule has 4 heterocycles. The van der Waals surface area contributed by atoms with Gasteiger partial charge >= 0.3 is 0 Å². The quantitative estimate of drug-likeness (QED) is 0.503. The van der Waals surface area contributed by atoms with Crippen molar-refractivity contribution in [3.05, 3.63) is 45.8 Å². The van der Waals surface area contributed by atoms with Crippen LogP contribution in [0.25, 0.3) is 10.8 Å². The first-order chi connectivity index (χ1) is 14.7. The summed E-state index contributed by atoms with van der Waals surface area (Å²) in [5.74, 6) is 1.13. The minimum Gasteiger partial charge on any atom is -0.418 e. The molecular formula is C21H27N5O2S2. The Labute approximate surface area is 184 Å². The second-order valence-electron chi connectivity index (χ2n) is 7.43. The summed E-state index contributed by atoms with van der Waals surface area (Å²) in [6.45, 7) is 8.40. The van der Waals surface area contributed by atoms with E-state index >= 15 is 0 Å². The first-order valence-electron chi connectivity index (χ1n) is 10.3. The number of rotatable bonds is 9. The van der Waals surface area contributed by atoms with Gasteiger partial charge in [-0.25, -0.2) is 0 Å². The van der Waals surface area contributed by atoms with Crippen molar-refractivity contribution in [1.29, 1.82) is 0 Å². The van der Waals surface area contributed by atoms with Gasteiger partial charge in [0, 0.05) is 44.1 Å². The molecule has 0 atom stereocenters. The summed E-state index contributed by atoms with van der Waals surface area (Å²) in [7, 11) is 0. The van der Waals surface area contributed by atoms with Crippen molar-refractivity contribution >= 4 is 28.6 Å². The fraction of sp³-hybridized carbons (Fsp3) is 0.476. The highest BCUT2D eigenvalue weighted by Gasteiger charge is 2.23. The van der Waals surface area contributed by atoms with Crippen LogP contribution in [0.4, 0.5) is 0 Å². The zero-order valence-electron chi connectivity index (χ0n) is 17.2. The maximum absolute atomic E-state index is 13.0. The SMILES string of the molecule is CCCN(Cc1nnc(-c2cccs2)o1)C(=O)CN1CCN(Cc2cccs2)CC1. The molecule has 0 bridgehead atoms. The molecule has 1 saturated heterocycles. The Morgan fingerprint density at radius 1 is 1.10 bits per heavy atom. The molecule has 0 radical (unpaired) electrons. The number of thiophene rings is 2. The van der Waals surface area contributed by atoms with Gasteiger partial charge in [0.15, 0.2) is 0 Å². The standard InChI is InChI=1S/C21H27N5O2S2/c1-2-7-26(15-19-22-23-21(28-19)18-6-4-13-30-18)20(27)16-25-10-8-24(9-11-25)14-17-5-3-12-29-17/h3-6,12-13H,2,7-11,14-16H2,1H3. The van der Waals surface area contributed by atoms with Crippen LogP contribution in [0.5, 0.6) is 0 Å². The van der Waals surface area contributed by atoms with Gasteiger partial charge in [0.05, 0.1) is 18.0 Å². The molecule has 30 heavy (non-hydrogen) atoms. The van der Waals surface area contributed by atoms with E-state index in [0.29, 0.717) is 31.4 Å². The molecule has 1 fully saturated rings. The molecule has 3 aromatic rings. The maximum atomic E-state index is 13.0. The summed E-state index contributed by atoms with van der Waals surface area (Å²) in [6.07, 6.45) is 0.895. The van der Waals surface area contributed by atoms with Crippen LogP contribution in [0, 0.1) is 0 Å². The Morgan fingerprint density at radius 2 is 1.87 bits per heavy atom. The summed E-state index contributed by atoms with van der Waals surface area (Å²) in [5, 5.41) is 12.4. The van der Waals surface area contributed by atoms with Gasteiger partial charge in [-0.3, -0.25) is 14.6 Å². The van der Waals surface area contributed by atoms with Crippen LogP contribution in [0.3, 0.4) is 0 Å². The van der Waals surface area contributed by atoms with Crippen molar-refractivity contribution in [2.45, 2.75) is 26.4 Å². The normalized spacial score (nSPS) is 15.5. The predicted octanol–water partition coefficient (Wildman–Crippen LogP) is 3.42. The minimum atomic E-state index is 0.124. The molecule has 9 heteroatoms. The van der Waals surface area contributed by atoms with Crippen LogP contribution in [-0.4, -0.2) is 70.1 Å². The van der Waals surface area contributed by atoms with Gasteiger partial charge in [-0.1, -0.05) is 19.1 Å². The van der Waals surface area contributed by atoms with E-state index in [0.717, 1.165) is 44.0 Å². The Kier molecular flexibility index (Phi) is 7.27. The molecule has 1 amide bonds. The second-order valence-corrected chi connectivity index (χ2v) is 9.41. The number of aromatic nitrogens is 2. The lowest BCUT2D eigenvalue weighted by molar-refractivity contribution is -0.133. The lowest BCUT2D eigenvalue weighted by atomic mass is 10.3. The van der Waals surface area contributed by atoms with Gasteiger partial charge in [-0.2, -0.15) is 0 Å². The number of nitrogens with zero attached hydrogens (tertiary/aromatic N) is 5. The molecule has 0 spiro atoms. The highest BCUT2D eigenvalue weighted by molar-refractivity contribution is 7.13. The smallest absolute Gasteiger partial charge is 0.257 e. The fourth-order valence-corrected chi connectivity index (χ4v) is 4.95. The van der Waals surface area contributed by atoms with Gasteiger partial charge in [0.2, 0.25) is 11.8 Å². The highest BCUT2D eigenvalue weighted by Crippen LogP contribution is 2.23. The summed E-state index contributed by atoms with van der Waals surface area (Å²) < 4.78 is 5.78. The first kappa shape index (κ1) is 21.2. The van der Waals surface area contributed by atoms with Crippen LogP contribution in [-0.2, 0) is 17.9 Å². The van der Waals surface area contributed by atoms with Crippen LogP contribution in [0.2, 0.25) is 0 Å². The van der Waals surface area contributed by atoms with Crippen LogP contribution < -0.4 is 0 Å². The average molecular weight is 446 g/mol. The Bertz CT molecular complexity index is 902. The van der Waals surface area contributed by atoms with E-state index < -0.39 is 0 Å². The minimum absolute atomic E-state index is 0.124. The number of amides is 1. The predicted molar refractivity (Wildman–Crippen MR) is 119 cm³/mol. The molecule has 1 aliphatic heterocycles. The molecule has 0 N–H and O–H groups in total. The number of hydrogen-bond donors (Lipinski definition) is 0. The molecule has 3 aromatic heterocycles. The van der Waals surface area contributed by atoms with E-state index in [4.69, 9.17) is 4.42 Å². The Balaban J connectivity index is 1.28. The molecule has 1 aliphatic rings. The van der Waals surface area contributed by atoms with E-state index in [1.807, 2.05) is 22.4 Å². The molecule has 7 nitrogen and oxygen atoms in total. The molecule has 0 aliphatic carbocycles. The zero-order valence-corrected chi connectivity index (χ0v) is 18.8. The van der Waals surface area contributed by atoms with E-state index in [1.54, 1.807) is 22.7 Å². The van der Waals surface area contributed by atoms with Crippen molar-refractivity contribution in [1.82, 2.24) is 24.9 Å². The van der Waals surface area contributed by atoms with Crippen molar-refractivity contribution in [2.24, 2.45) is 0 Å². The molecule has 0 saturated carbocycles. The monoisotopic (exact) mass is 445 g/mol. The molecule has 0 unspecified atom stereocenters. The van der Waals surface area contributed by atoms with Crippen molar-refractivity contribution < 1.29 is 9.21 Å². The summed E-state index contributed by atoms with van der Waals surface area (Å²) in [5.41, 5.74) is 0. The van der Waals surface area contributed by atoms with E-state index in [2.05, 4.69) is 44.4 Å². The van der Waals surface area contributed by atoms with Crippen molar-refractivity contribution in [2.75, 3.05) is 39.3 Å². The van der Waals surface area contributed by atoms with E-state index in [9.17, 15) is 4.79 Å². The van der Waals surface area contributed by atoms with Gasteiger partial charge < -0.3 is 9.32 Å². The second kappa shape index (κ2) is 10.3. The number of piperazine rings is 1. The molecule has 4 rings (SSSR count). The van der Waals surface area contributed by atoms with Gasteiger partial charge in [-0.05, 0) is 29.3 Å². The summed E-state index contributed by atoms with van der Waals surface area (Å²) in [6, 6.07) is 8.20. The van der Waals surface area contributed by atoms with Gasteiger partial charge in [0.25, 0.3) is 5.89 Å². The highest BCUT2D eigenvalue weighted by atomic mass is 32.1. The van der Waals surface area contributed by atoms with Crippen LogP contribution in [0.15, 0.2) is 39.4 Å². The third-order valence-corrected chi connectivity index (χ3v) is 6.87. The van der Waals surface area contributed by atoms with Crippen LogP contribution >= 0.6 is 22.7 Å². The molecular weight excluding hydrogens is 418 g/mol. The number of carbonyl (C=O) groups is 1. The maximum Gasteiger partial charge on any atom is 0.257 e. The van der Waals surface area contributed by atoms with E-state index in [1.165, 1.54) is 4.88 Å². The molecule has 160 valence electrons. The fourth-order valence-electron chi connectivity index (χ4n) is 3.56. The van der Waals surface area contributed by atoms with Gasteiger partial charge in [0.1, 0.15) is 0 Å². The average Bonchev–Trinajstić information content (AvgIpc) is 3.52. The Hall–Kier alpha value is -2.07.